The number of nitrogens with zero attached hydrogens (tertiary/aromatic N) is 1. The van der Waals surface area contributed by atoms with Crippen LogP contribution in [0.3, 0.4) is 0 Å². The number of aromatic nitrogens is 1. The fourth-order valence-electron chi connectivity index (χ4n) is 2.23. The van der Waals surface area contributed by atoms with Gasteiger partial charge in [-0.05, 0) is 60.1 Å². The molecule has 0 saturated carbocycles. The Morgan fingerprint density at radius 2 is 1.33 bits per heavy atom. The van der Waals surface area contributed by atoms with E-state index < -0.39 is 6.75 Å². The Bertz CT molecular complexity index is 401. The van der Waals surface area contributed by atoms with Crippen LogP contribution in [0.4, 0.5) is 0 Å². The Morgan fingerprint density at radius 1 is 0.905 bits per heavy atom. The fourth-order valence-corrected chi connectivity index (χ4v) is 2.23. The molecule has 0 unspecified atom stereocenters. The minimum absolute atomic E-state index is 0. The number of rotatable bonds is 7. The molecule has 0 amide bonds. The maximum Gasteiger partial charge on any atom is 1.00 e. The van der Waals surface area contributed by atoms with Crippen LogP contribution in [-0.2, 0) is 14.0 Å². The summed E-state index contributed by atoms with van der Waals surface area (Å²) in [6, 6.07) is 3.90. The standard InChI is InChI=1S/C15H27BNO3.Li/c1-11(2)18-16(19-12(3)4,20-13(5)6)15-14(7)9-8-10-17-15;/h8-13H,1-7H3;/q-1;+1. The van der Waals surface area contributed by atoms with E-state index in [-0.39, 0.29) is 37.2 Å². The third-order valence-corrected chi connectivity index (χ3v) is 2.74. The van der Waals surface area contributed by atoms with Crippen molar-refractivity contribution in [1.29, 1.82) is 0 Å². The van der Waals surface area contributed by atoms with Crippen LogP contribution in [-0.4, -0.2) is 30.1 Å². The second-order valence-corrected chi connectivity index (χ2v) is 5.90. The van der Waals surface area contributed by atoms with E-state index in [1.807, 2.05) is 60.6 Å². The van der Waals surface area contributed by atoms with Crippen LogP contribution >= 0.6 is 0 Å². The van der Waals surface area contributed by atoms with Crippen LogP contribution in [0.15, 0.2) is 18.3 Å². The number of pyridine rings is 1. The first kappa shape index (κ1) is 20.7. The molecule has 6 heteroatoms. The van der Waals surface area contributed by atoms with Gasteiger partial charge in [-0.25, -0.2) is 0 Å². The molecule has 1 heterocycles. The zero-order valence-electron chi connectivity index (χ0n) is 14.7. The van der Waals surface area contributed by atoms with Crippen molar-refractivity contribution in [3.8, 4) is 0 Å². The van der Waals surface area contributed by atoms with Gasteiger partial charge in [0.05, 0.1) is 0 Å². The Kier molecular flexibility index (Phi) is 8.84. The molecule has 0 radical (unpaired) electrons. The van der Waals surface area contributed by atoms with E-state index in [1.54, 1.807) is 6.20 Å². The molecule has 1 aromatic heterocycles. The third-order valence-electron chi connectivity index (χ3n) is 2.74. The van der Waals surface area contributed by atoms with E-state index >= 15 is 0 Å². The summed E-state index contributed by atoms with van der Waals surface area (Å²) in [5, 5.41) is 0. The first-order valence-electron chi connectivity index (χ1n) is 7.35. The molecule has 1 aromatic rings. The van der Waals surface area contributed by atoms with Crippen LogP contribution in [0.1, 0.15) is 47.1 Å². The molecular weight excluding hydrogens is 260 g/mol. The van der Waals surface area contributed by atoms with Crippen molar-refractivity contribution in [2.24, 2.45) is 0 Å². The number of hydrogen-bond donors (Lipinski definition) is 0. The molecule has 0 fully saturated rings. The molecule has 4 nitrogen and oxygen atoms in total. The Hall–Kier alpha value is -0.308. The van der Waals surface area contributed by atoms with E-state index in [4.69, 9.17) is 14.0 Å². The van der Waals surface area contributed by atoms with Gasteiger partial charge in [0.15, 0.2) is 0 Å². The monoisotopic (exact) mass is 287 g/mol. The van der Waals surface area contributed by atoms with Crippen molar-refractivity contribution in [3.63, 3.8) is 0 Å². The minimum Gasteiger partial charge on any atom is -0.538 e. The number of hydrogen-bond acceptors (Lipinski definition) is 4. The summed E-state index contributed by atoms with van der Waals surface area (Å²) < 4.78 is 18.2. The van der Waals surface area contributed by atoms with E-state index in [0.29, 0.717) is 0 Å². The van der Waals surface area contributed by atoms with Gasteiger partial charge in [0.1, 0.15) is 0 Å². The summed E-state index contributed by atoms with van der Waals surface area (Å²) in [5.74, 6) is 0. The molecule has 0 aliphatic heterocycles. The molecular formula is C15H27BLiNO3. The predicted octanol–water partition coefficient (Wildman–Crippen LogP) is -0.185. The van der Waals surface area contributed by atoms with Gasteiger partial charge in [0.25, 0.3) is 0 Å². The average molecular weight is 287 g/mol. The fraction of sp³-hybridized carbons (Fsp3) is 0.667. The Balaban J connectivity index is 0.00000400. The molecule has 0 spiro atoms. The van der Waals surface area contributed by atoms with Gasteiger partial charge in [-0.1, -0.05) is 11.6 Å². The van der Waals surface area contributed by atoms with E-state index in [9.17, 15) is 0 Å². The zero-order valence-corrected chi connectivity index (χ0v) is 14.7. The van der Waals surface area contributed by atoms with Crippen molar-refractivity contribution < 1.29 is 32.8 Å². The summed E-state index contributed by atoms with van der Waals surface area (Å²) in [6.45, 7) is 11.8. The SMILES string of the molecule is Cc1cccnc1[B-](OC(C)C)(OC(C)C)OC(C)C.[Li+]. The van der Waals surface area contributed by atoms with Crippen molar-refractivity contribution in [2.75, 3.05) is 0 Å². The maximum atomic E-state index is 6.08. The quantitative estimate of drug-likeness (QED) is 0.652. The Labute approximate surface area is 141 Å². The van der Waals surface area contributed by atoms with Crippen molar-refractivity contribution in [1.82, 2.24) is 4.98 Å². The second-order valence-electron chi connectivity index (χ2n) is 5.90. The molecule has 21 heavy (non-hydrogen) atoms. The van der Waals surface area contributed by atoms with Crippen LogP contribution in [0.5, 0.6) is 0 Å². The smallest absolute Gasteiger partial charge is 0.538 e. The van der Waals surface area contributed by atoms with Crippen LogP contribution in [0.2, 0.25) is 0 Å². The van der Waals surface area contributed by atoms with Gasteiger partial charge in [-0.15, -0.1) is 0 Å². The van der Waals surface area contributed by atoms with Crippen LogP contribution in [0.25, 0.3) is 0 Å². The summed E-state index contributed by atoms with van der Waals surface area (Å²) in [7, 11) is 0. The molecule has 0 aliphatic rings. The first-order chi connectivity index (χ1) is 9.27. The predicted molar refractivity (Wildman–Crippen MR) is 83.0 cm³/mol. The molecule has 0 N–H and O–H groups in total. The molecule has 0 aliphatic carbocycles. The van der Waals surface area contributed by atoms with Gasteiger partial charge in [-0.2, -0.15) is 0 Å². The largest absolute Gasteiger partial charge is 1.00 e. The zero-order chi connectivity index (χ0) is 15.3. The van der Waals surface area contributed by atoms with Gasteiger partial charge in [0.2, 0.25) is 0 Å². The van der Waals surface area contributed by atoms with Crippen molar-refractivity contribution in [3.05, 3.63) is 23.9 Å². The van der Waals surface area contributed by atoms with E-state index in [2.05, 4.69) is 4.98 Å². The van der Waals surface area contributed by atoms with Crippen molar-refractivity contribution >= 4 is 12.3 Å². The Morgan fingerprint density at radius 3 is 1.67 bits per heavy atom. The van der Waals surface area contributed by atoms with E-state index in [0.717, 1.165) is 11.2 Å². The maximum absolute atomic E-state index is 6.08. The normalized spacial score (nSPS) is 12.1. The summed E-state index contributed by atoms with van der Waals surface area (Å²) in [6.07, 6.45) is 1.69. The minimum atomic E-state index is -2.05. The van der Waals surface area contributed by atoms with Crippen molar-refractivity contribution in [2.45, 2.75) is 66.8 Å². The molecule has 114 valence electrons. The summed E-state index contributed by atoms with van der Waals surface area (Å²) in [5.41, 5.74) is 1.75. The summed E-state index contributed by atoms with van der Waals surface area (Å²) >= 11 is 0. The molecule has 0 saturated heterocycles. The topological polar surface area (TPSA) is 40.6 Å². The van der Waals surface area contributed by atoms with Crippen LogP contribution < -0.4 is 24.5 Å². The third kappa shape index (κ3) is 6.14. The van der Waals surface area contributed by atoms with Crippen LogP contribution in [0, 0.1) is 6.92 Å². The van der Waals surface area contributed by atoms with Gasteiger partial charge in [-0.3, -0.25) is 4.98 Å². The number of aryl methyl sites for hydroxylation is 1. The molecule has 0 atom stereocenters. The molecule has 0 bridgehead atoms. The van der Waals surface area contributed by atoms with Gasteiger partial charge in [0, 0.05) is 24.5 Å². The molecule has 1 rings (SSSR count). The van der Waals surface area contributed by atoms with Gasteiger partial charge < -0.3 is 14.0 Å². The second kappa shape index (κ2) is 8.97. The molecule has 0 aromatic carbocycles. The average Bonchev–Trinajstić information content (AvgIpc) is 2.26. The van der Waals surface area contributed by atoms with E-state index in [1.165, 1.54) is 0 Å². The van der Waals surface area contributed by atoms with Gasteiger partial charge >= 0.3 is 25.6 Å². The summed E-state index contributed by atoms with van der Waals surface area (Å²) in [4.78, 5) is 4.46. The first-order valence-corrected chi connectivity index (χ1v) is 7.35.